The predicted molar refractivity (Wildman–Crippen MR) is 39.5 cm³/mol. The van der Waals surface area contributed by atoms with Crippen LogP contribution >= 0.6 is 11.6 Å². The molecule has 1 radical (unpaired) electrons. The second-order valence-electron chi connectivity index (χ2n) is 1.93. The third kappa shape index (κ3) is 1.72. The molecule has 47 valence electrons. The van der Waals surface area contributed by atoms with Crippen LogP contribution in [0.2, 0.25) is 0 Å². The summed E-state index contributed by atoms with van der Waals surface area (Å²) in [5.41, 5.74) is 1.05. The summed E-state index contributed by atoms with van der Waals surface area (Å²) in [6, 6.07) is 10.8. The second kappa shape index (κ2) is 2.88. The van der Waals surface area contributed by atoms with Crippen LogP contribution in [0.3, 0.4) is 0 Å². The van der Waals surface area contributed by atoms with E-state index in [1.807, 2.05) is 31.2 Å². The van der Waals surface area contributed by atoms with Gasteiger partial charge in [0.15, 0.2) is 0 Å². The quantitative estimate of drug-likeness (QED) is 0.525. The van der Waals surface area contributed by atoms with Crippen molar-refractivity contribution in [1.82, 2.24) is 0 Å². The summed E-state index contributed by atoms with van der Waals surface area (Å²) in [6.45, 7) is 1.94. The van der Waals surface area contributed by atoms with E-state index in [1.54, 1.807) is 0 Å². The van der Waals surface area contributed by atoms with E-state index in [2.05, 4.69) is 6.07 Å². The van der Waals surface area contributed by atoms with Gasteiger partial charge in [-0.2, -0.15) is 0 Å². The van der Waals surface area contributed by atoms with Crippen molar-refractivity contribution < 1.29 is 0 Å². The van der Waals surface area contributed by atoms with Gasteiger partial charge in [0.1, 0.15) is 0 Å². The third-order valence-corrected chi connectivity index (χ3v) is 1.40. The molecule has 0 heterocycles. The van der Waals surface area contributed by atoms with Gasteiger partial charge in [0.25, 0.3) is 0 Å². The lowest BCUT2D eigenvalue weighted by atomic mass is 10.2. The molecule has 0 amide bonds. The second-order valence-corrected chi connectivity index (χ2v) is 2.59. The molecule has 1 atom stereocenters. The van der Waals surface area contributed by atoms with Gasteiger partial charge in [-0.15, -0.1) is 11.6 Å². The van der Waals surface area contributed by atoms with Crippen LogP contribution in [0, 0.1) is 6.07 Å². The Morgan fingerprint density at radius 3 is 2.67 bits per heavy atom. The lowest BCUT2D eigenvalue weighted by Gasteiger charge is -1.98. The van der Waals surface area contributed by atoms with E-state index in [9.17, 15) is 0 Å². The van der Waals surface area contributed by atoms with Crippen LogP contribution in [0.1, 0.15) is 17.9 Å². The zero-order valence-electron chi connectivity index (χ0n) is 5.26. The van der Waals surface area contributed by atoms with Crippen molar-refractivity contribution in [2.45, 2.75) is 12.3 Å². The Balaban J connectivity index is 2.85. The molecule has 0 spiro atoms. The minimum absolute atomic E-state index is 0.0752. The van der Waals surface area contributed by atoms with Gasteiger partial charge in [-0.05, 0) is 18.6 Å². The van der Waals surface area contributed by atoms with Crippen molar-refractivity contribution in [3.8, 4) is 0 Å². The summed E-state index contributed by atoms with van der Waals surface area (Å²) < 4.78 is 0. The predicted octanol–water partition coefficient (Wildman–Crippen LogP) is 2.79. The SMILES string of the molecule is CC(Cl)c1[c]cccc1. The molecule has 0 aliphatic carbocycles. The Morgan fingerprint density at radius 2 is 2.33 bits per heavy atom. The Bertz CT molecular complexity index is 167. The number of hydrogen-bond acceptors (Lipinski definition) is 0. The van der Waals surface area contributed by atoms with Gasteiger partial charge in [-0.1, -0.05) is 24.3 Å². The molecule has 1 rings (SSSR count). The minimum Gasteiger partial charge on any atom is -0.118 e. The number of rotatable bonds is 1. The highest BCUT2D eigenvalue weighted by Crippen LogP contribution is 2.16. The molecule has 0 saturated heterocycles. The van der Waals surface area contributed by atoms with Gasteiger partial charge in [0.05, 0.1) is 5.38 Å². The van der Waals surface area contributed by atoms with Crippen LogP contribution in [-0.2, 0) is 0 Å². The van der Waals surface area contributed by atoms with Gasteiger partial charge in [-0.3, -0.25) is 0 Å². The summed E-state index contributed by atoms with van der Waals surface area (Å²) >= 11 is 5.77. The van der Waals surface area contributed by atoms with Crippen LogP contribution in [0.25, 0.3) is 0 Å². The third-order valence-electron chi connectivity index (χ3n) is 1.16. The van der Waals surface area contributed by atoms with Crippen LogP contribution < -0.4 is 0 Å². The molecule has 1 aromatic rings. The van der Waals surface area contributed by atoms with Crippen LogP contribution in [0.5, 0.6) is 0 Å². The van der Waals surface area contributed by atoms with Crippen molar-refractivity contribution in [1.29, 1.82) is 0 Å². The Morgan fingerprint density at radius 1 is 1.56 bits per heavy atom. The number of halogens is 1. The molecule has 0 aliphatic rings. The highest BCUT2D eigenvalue weighted by Gasteiger charge is 1.96. The Hall–Kier alpha value is -0.490. The highest BCUT2D eigenvalue weighted by atomic mass is 35.5. The largest absolute Gasteiger partial charge is 0.118 e. The van der Waals surface area contributed by atoms with Gasteiger partial charge in [0, 0.05) is 0 Å². The van der Waals surface area contributed by atoms with Crippen LogP contribution in [-0.4, -0.2) is 0 Å². The zero-order chi connectivity index (χ0) is 6.69. The molecule has 0 saturated carbocycles. The molecule has 0 aromatic heterocycles. The molecule has 9 heavy (non-hydrogen) atoms. The molecule has 0 aliphatic heterocycles. The number of benzene rings is 1. The summed E-state index contributed by atoms with van der Waals surface area (Å²) in [5.74, 6) is 0. The first kappa shape index (κ1) is 6.63. The normalized spacial score (nSPS) is 13.1. The molecular weight excluding hydrogens is 132 g/mol. The molecule has 0 bridgehead atoms. The smallest absolute Gasteiger partial charge is 0.0563 e. The van der Waals surface area contributed by atoms with Crippen LogP contribution in [0.15, 0.2) is 24.3 Å². The summed E-state index contributed by atoms with van der Waals surface area (Å²) in [6.07, 6.45) is 0. The average molecular weight is 140 g/mol. The molecule has 0 fully saturated rings. The van der Waals surface area contributed by atoms with E-state index in [-0.39, 0.29) is 5.38 Å². The Kier molecular flexibility index (Phi) is 2.12. The van der Waals surface area contributed by atoms with Crippen molar-refractivity contribution >= 4 is 11.6 Å². The van der Waals surface area contributed by atoms with E-state index < -0.39 is 0 Å². The van der Waals surface area contributed by atoms with Gasteiger partial charge in [0.2, 0.25) is 0 Å². The fraction of sp³-hybridized carbons (Fsp3) is 0.250. The first-order valence-corrected chi connectivity index (χ1v) is 3.35. The number of alkyl halides is 1. The standard InChI is InChI=1S/C8H8Cl/c1-7(9)8-5-3-2-4-6-8/h2-5,7H,1H3. The maximum absolute atomic E-state index is 5.77. The molecule has 1 heteroatoms. The van der Waals surface area contributed by atoms with E-state index >= 15 is 0 Å². The first-order chi connectivity index (χ1) is 4.30. The number of hydrogen-bond donors (Lipinski definition) is 0. The average Bonchev–Trinajstić information content (AvgIpc) is 1.90. The molecule has 1 unspecified atom stereocenters. The Labute approximate surface area is 60.5 Å². The van der Waals surface area contributed by atoms with E-state index in [1.165, 1.54) is 0 Å². The van der Waals surface area contributed by atoms with Crippen molar-refractivity contribution in [3.63, 3.8) is 0 Å². The van der Waals surface area contributed by atoms with Crippen LogP contribution in [0.4, 0.5) is 0 Å². The fourth-order valence-corrected chi connectivity index (χ4v) is 0.790. The molecule has 0 nitrogen and oxygen atoms in total. The summed E-state index contributed by atoms with van der Waals surface area (Å²) in [4.78, 5) is 0. The first-order valence-electron chi connectivity index (χ1n) is 2.91. The van der Waals surface area contributed by atoms with E-state index in [4.69, 9.17) is 11.6 Å². The maximum atomic E-state index is 5.77. The zero-order valence-corrected chi connectivity index (χ0v) is 6.02. The fourth-order valence-electron chi connectivity index (χ4n) is 0.655. The lowest BCUT2D eigenvalue weighted by Crippen LogP contribution is -1.80. The van der Waals surface area contributed by atoms with Crippen molar-refractivity contribution in [2.24, 2.45) is 0 Å². The maximum Gasteiger partial charge on any atom is 0.0563 e. The topological polar surface area (TPSA) is 0 Å². The van der Waals surface area contributed by atoms with Gasteiger partial charge < -0.3 is 0 Å². The summed E-state index contributed by atoms with van der Waals surface area (Å²) in [7, 11) is 0. The van der Waals surface area contributed by atoms with Crippen molar-refractivity contribution in [3.05, 3.63) is 35.9 Å². The lowest BCUT2D eigenvalue weighted by molar-refractivity contribution is 1.08. The van der Waals surface area contributed by atoms with E-state index in [0.29, 0.717) is 0 Å². The van der Waals surface area contributed by atoms with E-state index in [0.717, 1.165) is 5.56 Å². The highest BCUT2D eigenvalue weighted by molar-refractivity contribution is 6.20. The summed E-state index contributed by atoms with van der Waals surface area (Å²) in [5, 5.41) is 0.0752. The molecule has 1 aromatic carbocycles. The van der Waals surface area contributed by atoms with Gasteiger partial charge >= 0.3 is 0 Å². The van der Waals surface area contributed by atoms with Crippen molar-refractivity contribution in [2.75, 3.05) is 0 Å². The molecule has 0 N–H and O–H groups in total. The minimum atomic E-state index is 0.0752. The molecular formula is C8H8Cl. The van der Waals surface area contributed by atoms with Gasteiger partial charge in [-0.25, -0.2) is 0 Å². The monoisotopic (exact) mass is 139 g/mol.